The van der Waals surface area contributed by atoms with Gasteiger partial charge in [-0.15, -0.1) is 0 Å². The summed E-state index contributed by atoms with van der Waals surface area (Å²) in [6.07, 6.45) is 1.91. The third kappa shape index (κ3) is 4.58. The lowest BCUT2D eigenvalue weighted by atomic mass is 10.1. The normalized spacial score (nSPS) is 17.0. The van der Waals surface area contributed by atoms with E-state index in [1.807, 2.05) is 12.1 Å². The highest BCUT2D eigenvalue weighted by atomic mass is 35.5. The number of likely N-dealkylation sites (tertiary alicyclic amines) is 1. The van der Waals surface area contributed by atoms with Crippen LogP contribution >= 0.6 is 23.2 Å². The van der Waals surface area contributed by atoms with Gasteiger partial charge in [-0.2, -0.15) is 0 Å². The summed E-state index contributed by atoms with van der Waals surface area (Å²) in [4.78, 5) is 16.1. The first kappa shape index (κ1) is 16.6. The van der Waals surface area contributed by atoms with E-state index in [0.717, 1.165) is 31.5 Å². The average Bonchev–Trinajstić information content (AvgIpc) is 2.46. The number of rotatable bonds is 4. The Balaban J connectivity index is 1.89. The molecule has 21 heavy (non-hydrogen) atoms. The van der Waals surface area contributed by atoms with Crippen LogP contribution in [0.3, 0.4) is 0 Å². The van der Waals surface area contributed by atoms with Crippen LogP contribution < -0.4 is 5.73 Å². The molecule has 0 unspecified atom stereocenters. The lowest BCUT2D eigenvalue weighted by Crippen LogP contribution is -2.44. The van der Waals surface area contributed by atoms with Gasteiger partial charge >= 0.3 is 0 Å². The standard InChI is InChI=1S/C15H21Cl2N3O/c1-19(9-11-3-2-4-13(16)15(11)17)14(21)10-20-7-5-12(18)6-8-20/h2-4,12H,5-10,18H2,1H3. The molecule has 1 aliphatic heterocycles. The summed E-state index contributed by atoms with van der Waals surface area (Å²) in [5.41, 5.74) is 6.73. The van der Waals surface area contributed by atoms with Crippen molar-refractivity contribution in [1.82, 2.24) is 9.80 Å². The predicted molar refractivity (Wildman–Crippen MR) is 86.6 cm³/mol. The highest BCUT2D eigenvalue weighted by molar-refractivity contribution is 6.42. The molecule has 0 spiro atoms. The zero-order valence-corrected chi connectivity index (χ0v) is 13.7. The minimum atomic E-state index is 0.0847. The van der Waals surface area contributed by atoms with Crippen LogP contribution in [0.1, 0.15) is 18.4 Å². The third-order valence-corrected chi connectivity index (χ3v) is 4.71. The van der Waals surface area contributed by atoms with E-state index in [-0.39, 0.29) is 11.9 Å². The number of hydrogen-bond donors (Lipinski definition) is 1. The van der Waals surface area contributed by atoms with Crippen LogP contribution in [0.15, 0.2) is 18.2 Å². The molecule has 0 saturated carbocycles. The Morgan fingerprint density at radius 3 is 2.71 bits per heavy atom. The van der Waals surface area contributed by atoms with E-state index in [0.29, 0.717) is 23.1 Å². The van der Waals surface area contributed by atoms with Crippen molar-refractivity contribution in [1.29, 1.82) is 0 Å². The maximum atomic E-state index is 12.3. The van der Waals surface area contributed by atoms with Gasteiger partial charge in [-0.05, 0) is 24.5 Å². The summed E-state index contributed by atoms with van der Waals surface area (Å²) < 4.78 is 0. The second-order valence-electron chi connectivity index (χ2n) is 5.58. The van der Waals surface area contributed by atoms with Gasteiger partial charge in [-0.25, -0.2) is 0 Å². The number of nitrogens with two attached hydrogens (primary N) is 1. The monoisotopic (exact) mass is 329 g/mol. The maximum Gasteiger partial charge on any atom is 0.236 e. The van der Waals surface area contributed by atoms with Gasteiger partial charge in [-0.1, -0.05) is 35.3 Å². The van der Waals surface area contributed by atoms with Crippen molar-refractivity contribution in [3.05, 3.63) is 33.8 Å². The highest BCUT2D eigenvalue weighted by Gasteiger charge is 2.20. The topological polar surface area (TPSA) is 49.6 Å². The molecule has 1 aromatic carbocycles. The van der Waals surface area contributed by atoms with Crippen LogP contribution in [-0.2, 0) is 11.3 Å². The summed E-state index contributed by atoms with van der Waals surface area (Å²) in [6.45, 7) is 2.67. The van der Waals surface area contributed by atoms with Gasteiger partial charge in [0.1, 0.15) is 0 Å². The van der Waals surface area contributed by atoms with Crippen molar-refractivity contribution >= 4 is 29.1 Å². The molecule has 1 saturated heterocycles. The number of benzene rings is 1. The molecule has 0 atom stereocenters. The molecule has 6 heteroatoms. The van der Waals surface area contributed by atoms with Crippen molar-refractivity contribution in [3.63, 3.8) is 0 Å². The number of amides is 1. The molecule has 1 fully saturated rings. The Morgan fingerprint density at radius 1 is 1.38 bits per heavy atom. The number of piperidine rings is 1. The van der Waals surface area contributed by atoms with E-state index < -0.39 is 0 Å². The molecule has 0 radical (unpaired) electrons. The number of carbonyl (C=O) groups is 1. The first-order chi connectivity index (χ1) is 9.97. The lowest BCUT2D eigenvalue weighted by molar-refractivity contribution is -0.131. The first-order valence-electron chi connectivity index (χ1n) is 7.12. The predicted octanol–water partition coefficient (Wildman–Crippen LogP) is 2.37. The fraction of sp³-hybridized carbons (Fsp3) is 0.533. The van der Waals surface area contributed by atoms with Crippen molar-refractivity contribution in [2.24, 2.45) is 5.73 Å². The van der Waals surface area contributed by atoms with Gasteiger partial charge in [-0.3, -0.25) is 9.69 Å². The van der Waals surface area contributed by atoms with E-state index in [9.17, 15) is 4.79 Å². The molecule has 0 aromatic heterocycles. The van der Waals surface area contributed by atoms with Crippen molar-refractivity contribution in [2.75, 3.05) is 26.7 Å². The molecule has 2 N–H and O–H groups in total. The molecule has 1 aromatic rings. The molecule has 1 amide bonds. The zero-order chi connectivity index (χ0) is 15.4. The van der Waals surface area contributed by atoms with E-state index in [4.69, 9.17) is 28.9 Å². The first-order valence-corrected chi connectivity index (χ1v) is 7.87. The number of carbonyl (C=O) groups excluding carboxylic acids is 1. The van der Waals surface area contributed by atoms with Crippen LogP contribution in [0.5, 0.6) is 0 Å². The number of likely N-dealkylation sites (N-methyl/N-ethyl adjacent to an activating group) is 1. The summed E-state index contributed by atoms with van der Waals surface area (Å²) in [7, 11) is 1.79. The molecule has 0 aliphatic carbocycles. The van der Waals surface area contributed by atoms with Crippen LogP contribution in [0.4, 0.5) is 0 Å². The quantitative estimate of drug-likeness (QED) is 0.922. The molecule has 116 valence electrons. The van der Waals surface area contributed by atoms with Gasteiger partial charge in [0.25, 0.3) is 0 Å². The summed E-state index contributed by atoms with van der Waals surface area (Å²) in [5.74, 6) is 0.0847. The van der Waals surface area contributed by atoms with E-state index in [2.05, 4.69) is 4.90 Å². The fourth-order valence-electron chi connectivity index (χ4n) is 2.44. The summed E-state index contributed by atoms with van der Waals surface area (Å²) in [6, 6.07) is 5.75. The van der Waals surface area contributed by atoms with Gasteiger partial charge in [0.15, 0.2) is 0 Å². The smallest absolute Gasteiger partial charge is 0.236 e. The lowest BCUT2D eigenvalue weighted by Gasteiger charge is -2.30. The van der Waals surface area contributed by atoms with Gasteiger partial charge < -0.3 is 10.6 Å². The van der Waals surface area contributed by atoms with Crippen molar-refractivity contribution in [3.8, 4) is 0 Å². The molecule has 0 bridgehead atoms. The van der Waals surface area contributed by atoms with Crippen molar-refractivity contribution in [2.45, 2.75) is 25.4 Å². The number of hydrogen-bond acceptors (Lipinski definition) is 3. The molecule has 2 rings (SSSR count). The molecule has 1 aliphatic rings. The Bertz CT molecular complexity index is 502. The van der Waals surface area contributed by atoms with Gasteiger partial charge in [0, 0.05) is 32.7 Å². The van der Waals surface area contributed by atoms with Crippen LogP contribution in [0.25, 0.3) is 0 Å². The number of halogens is 2. The maximum absolute atomic E-state index is 12.3. The Hall–Kier alpha value is -0.810. The average molecular weight is 330 g/mol. The Morgan fingerprint density at radius 2 is 2.05 bits per heavy atom. The minimum absolute atomic E-state index is 0.0847. The SMILES string of the molecule is CN(Cc1cccc(Cl)c1Cl)C(=O)CN1CCC(N)CC1. The molecular weight excluding hydrogens is 309 g/mol. The Labute approximate surface area is 135 Å². The summed E-state index contributed by atoms with van der Waals surface area (Å²) in [5, 5.41) is 1.03. The molecule has 1 heterocycles. The summed E-state index contributed by atoms with van der Waals surface area (Å²) >= 11 is 12.1. The fourth-order valence-corrected chi connectivity index (χ4v) is 2.82. The van der Waals surface area contributed by atoms with Gasteiger partial charge in [0.05, 0.1) is 16.6 Å². The van der Waals surface area contributed by atoms with E-state index in [1.165, 1.54) is 0 Å². The second-order valence-corrected chi connectivity index (χ2v) is 6.36. The van der Waals surface area contributed by atoms with Crippen LogP contribution in [0, 0.1) is 0 Å². The highest BCUT2D eigenvalue weighted by Crippen LogP contribution is 2.26. The molecule has 4 nitrogen and oxygen atoms in total. The minimum Gasteiger partial charge on any atom is -0.340 e. The van der Waals surface area contributed by atoms with Crippen LogP contribution in [0.2, 0.25) is 10.0 Å². The second kappa shape index (κ2) is 7.45. The van der Waals surface area contributed by atoms with E-state index >= 15 is 0 Å². The number of nitrogens with zero attached hydrogens (tertiary/aromatic N) is 2. The largest absolute Gasteiger partial charge is 0.340 e. The van der Waals surface area contributed by atoms with Crippen molar-refractivity contribution < 1.29 is 4.79 Å². The van der Waals surface area contributed by atoms with Crippen LogP contribution in [-0.4, -0.2) is 48.4 Å². The van der Waals surface area contributed by atoms with Gasteiger partial charge in [0.2, 0.25) is 5.91 Å². The third-order valence-electron chi connectivity index (χ3n) is 3.86. The zero-order valence-electron chi connectivity index (χ0n) is 12.2. The van der Waals surface area contributed by atoms with E-state index in [1.54, 1.807) is 18.0 Å². The Kier molecular flexibility index (Phi) is 5.88. The molecular formula is C15H21Cl2N3O.